The first-order valence-electron chi connectivity index (χ1n) is 5.18. The van der Waals surface area contributed by atoms with Crippen LogP contribution in [0.5, 0.6) is 0 Å². The zero-order valence-electron chi connectivity index (χ0n) is 8.48. The molecule has 4 N–H and O–H groups in total. The van der Waals surface area contributed by atoms with Gasteiger partial charge in [0.05, 0.1) is 0 Å². The van der Waals surface area contributed by atoms with Crippen LogP contribution in [0.4, 0.5) is 0 Å². The van der Waals surface area contributed by atoms with Gasteiger partial charge in [-0.25, -0.2) is 0 Å². The average Bonchev–Trinajstić information content (AvgIpc) is 2.30. The van der Waals surface area contributed by atoms with E-state index in [0.29, 0.717) is 0 Å². The summed E-state index contributed by atoms with van der Waals surface area (Å²) >= 11 is 0. The van der Waals surface area contributed by atoms with E-state index in [4.69, 9.17) is 0 Å². The van der Waals surface area contributed by atoms with Crippen LogP contribution in [0, 0.1) is 0 Å². The van der Waals surface area contributed by atoms with Crippen LogP contribution in [0.25, 0.3) is 0 Å². The summed E-state index contributed by atoms with van der Waals surface area (Å²) in [5.74, 6) is 0. The zero-order chi connectivity index (χ0) is 10.7. The molecule has 0 spiro atoms. The van der Waals surface area contributed by atoms with Crippen LogP contribution >= 0.6 is 0 Å². The Balaban J connectivity index is 2.25. The smallest absolute Gasteiger partial charge is 0.350 e. The SMILES string of the molecule is O[SiH](O)c1ccccc1C1CNCCN1. The summed E-state index contributed by atoms with van der Waals surface area (Å²) < 4.78 is 0. The molecule has 1 aliphatic rings. The molecular formula is C10H16N2O2Si. The van der Waals surface area contributed by atoms with Crippen molar-refractivity contribution in [2.24, 2.45) is 0 Å². The zero-order valence-corrected chi connectivity index (χ0v) is 9.63. The highest BCUT2D eigenvalue weighted by molar-refractivity contribution is 6.59. The molecule has 1 heterocycles. The maximum absolute atomic E-state index is 9.38. The summed E-state index contributed by atoms with van der Waals surface area (Å²) in [6, 6.07) is 7.76. The molecule has 1 atom stereocenters. The molecule has 1 fully saturated rings. The van der Waals surface area contributed by atoms with Crippen LogP contribution in [-0.4, -0.2) is 38.5 Å². The third kappa shape index (κ3) is 2.45. The van der Waals surface area contributed by atoms with E-state index in [9.17, 15) is 9.59 Å². The molecule has 15 heavy (non-hydrogen) atoms. The minimum Gasteiger partial charge on any atom is -0.410 e. The van der Waals surface area contributed by atoms with E-state index in [1.165, 1.54) is 0 Å². The Labute approximate surface area is 90.8 Å². The van der Waals surface area contributed by atoms with E-state index in [1.54, 1.807) is 0 Å². The lowest BCUT2D eigenvalue weighted by Gasteiger charge is -2.26. The first-order chi connectivity index (χ1) is 7.29. The second kappa shape index (κ2) is 4.87. The Bertz CT molecular complexity index is 327. The van der Waals surface area contributed by atoms with Crippen molar-refractivity contribution in [3.63, 3.8) is 0 Å². The second-order valence-corrected chi connectivity index (χ2v) is 5.08. The van der Waals surface area contributed by atoms with E-state index < -0.39 is 9.28 Å². The molecule has 1 aliphatic heterocycles. The number of piperazine rings is 1. The van der Waals surface area contributed by atoms with Gasteiger partial charge in [-0.15, -0.1) is 0 Å². The van der Waals surface area contributed by atoms with E-state index in [2.05, 4.69) is 10.6 Å². The third-order valence-corrected chi connectivity index (χ3v) is 3.77. The van der Waals surface area contributed by atoms with Gasteiger partial charge in [-0.2, -0.15) is 0 Å². The van der Waals surface area contributed by atoms with Gasteiger partial charge in [0.2, 0.25) is 0 Å². The molecule has 1 unspecified atom stereocenters. The molecule has 1 saturated heterocycles. The minimum absolute atomic E-state index is 0.198. The molecule has 0 radical (unpaired) electrons. The molecule has 4 nitrogen and oxygen atoms in total. The van der Waals surface area contributed by atoms with Crippen molar-refractivity contribution in [2.75, 3.05) is 19.6 Å². The molecule has 5 heteroatoms. The Morgan fingerprint density at radius 2 is 2.00 bits per heavy atom. The third-order valence-electron chi connectivity index (χ3n) is 2.69. The fourth-order valence-electron chi connectivity index (χ4n) is 1.94. The predicted octanol–water partition coefficient (Wildman–Crippen LogP) is -1.67. The van der Waals surface area contributed by atoms with E-state index in [1.807, 2.05) is 24.3 Å². The molecule has 0 aliphatic carbocycles. The van der Waals surface area contributed by atoms with Crippen LogP contribution in [0.2, 0.25) is 0 Å². The first kappa shape index (κ1) is 10.8. The van der Waals surface area contributed by atoms with Gasteiger partial charge in [0.15, 0.2) is 0 Å². The summed E-state index contributed by atoms with van der Waals surface area (Å²) in [7, 11) is -2.71. The van der Waals surface area contributed by atoms with Crippen LogP contribution in [0.3, 0.4) is 0 Å². The van der Waals surface area contributed by atoms with Crippen molar-refractivity contribution in [3.05, 3.63) is 29.8 Å². The van der Waals surface area contributed by atoms with Crippen molar-refractivity contribution < 1.29 is 9.59 Å². The van der Waals surface area contributed by atoms with E-state index in [-0.39, 0.29) is 6.04 Å². The van der Waals surface area contributed by atoms with E-state index in [0.717, 1.165) is 30.4 Å². The summed E-state index contributed by atoms with van der Waals surface area (Å²) in [6.45, 7) is 2.73. The molecule has 1 aromatic rings. The summed E-state index contributed by atoms with van der Waals surface area (Å²) in [4.78, 5) is 18.8. The number of rotatable bonds is 2. The van der Waals surface area contributed by atoms with Crippen LogP contribution in [-0.2, 0) is 0 Å². The Morgan fingerprint density at radius 1 is 1.20 bits per heavy atom. The lowest BCUT2D eigenvalue weighted by Crippen LogP contribution is -2.46. The first-order valence-corrected chi connectivity index (χ1v) is 6.79. The van der Waals surface area contributed by atoms with Gasteiger partial charge in [0, 0.05) is 25.7 Å². The second-order valence-electron chi connectivity index (χ2n) is 3.71. The lowest BCUT2D eigenvalue weighted by atomic mass is 10.1. The van der Waals surface area contributed by atoms with Crippen LogP contribution in [0.15, 0.2) is 24.3 Å². The van der Waals surface area contributed by atoms with Gasteiger partial charge in [-0.05, 0) is 10.8 Å². The van der Waals surface area contributed by atoms with Gasteiger partial charge in [0.25, 0.3) is 0 Å². The maximum Gasteiger partial charge on any atom is 0.350 e. The van der Waals surface area contributed by atoms with Gasteiger partial charge in [-0.1, -0.05) is 24.3 Å². The Morgan fingerprint density at radius 3 is 2.67 bits per heavy atom. The van der Waals surface area contributed by atoms with Gasteiger partial charge in [-0.3, -0.25) is 0 Å². The largest absolute Gasteiger partial charge is 0.410 e. The molecule has 0 saturated carbocycles. The van der Waals surface area contributed by atoms with Gasteiger partial charge < -0.3 is 20.2 Å². The van der Waals surface area contributed by atoms with Crippen molar-refractivity contribution in [1.29, 1.82) is 0 Å². The maximum atomic E-state index is 9.38. The molecule has 0 bridgehead atoms. The highest BCUT2D eigenvalue weighted by atomic mass is 28.3. The monoisotopic (exact) mass is 224 g/mol. The highest BCUT2D eigenvalue weighted by Crippen LogP contribution is 2.11. The number of hydrogen-bond donors (Lipinski definition) is 4. The molecular weight excluding hydrogens is 208 g/mol. The number of benzene rings is 1. The number of nitrogens with one attached hydrogen (secondary N) is 2. The Kier molecular flexibility index (Phi) is 3.50. The minimum atomic E-state index is -2.71. The summed E-state index contributed by atoms with van der Waals surface area (Å²) in [5.41, 5.74) is 1.02. The van der Waals surface area contributed by atoms with E-state index >= 15 is 0 Å². The molecule has 0 aromatic heterocycles. The lowest BCUT2D eigenvalue weighted by molar-refractivity contribution is 0.416. The number of hydrogen-bond acceptors (Lipinski definition) is 4. The molecule has 0 amide bonds. The fourth-order valence-corrected chi connectivity index (χ4v) is 2.82. The summed E-state index contributed by atoms with van der Waals surface area (Å²) in [5, 5.41) is 7.38. The normalized spacial score (nSPS) is 21.9. The average molecular weight is 224 g/mol. The molecule has 82 valence electrons. The quantitative estimate of drug-likeness (QED) is 0.454. The predicted molar refractivity (Wildman–Crippen MR) is 61.3 cm³/mol. The Hall–Kier alpha value is -0.723. The van der Waals surface area contributed by atoms with Crippen molar-refractivity contribution in [2.45, 2.75) is 6.04 Å². The van der Waals surface area contributed by atoms with Crippen LogP contribution < -0.4 is 15.8 Å². The van der Waals surface area contributed by atoms with Crippen molar-refractivity contribution in [1.82, 2.24) is 10.6 Å². The topological polar surface area (TPSA) is 64.5 Å². The molecule has 2 rings (SSSR count). The van der Waals surface area contributed by atoms with Gasteiger partial charge >= 0.3 is 9.28 Å². The van der Waals surface area contributed by atoms with Crippen LogP contribution in [0.1, 0.15) is 11.6 Å². The summed E-state index contributed by atoms with van der Waals surface area (Å²) in [6.07, 6.45) is 0. The highest BCUT2D eigenvalue weighted by Gasteiger charge is 2.20. The standard InChI is InChI=1S/C10H16N2O2Si/c13-15(14)10-4-2-1-3-8(10)9-7-11-5-6-12-9/h1-4,9,11-15H,5-7H2. The molecule has 1 aromatic carbocycles. The van der Waals surface area contributed by atoms with Crippen molar-refractivity contribution >= 4 is 14.5 Å². The van der Waals surface area contributed by atoms with Gasteiger partial charge in [0.1, 0.15) is 0 Å². The van der Waals surface area contributed by atoms with Crippen molar-refractivity contribution in [3.8, 4) is 0 Å². The fraction of sp³-hybridized carbons (Fsp3) is 0.400.